The lowest BCUT2D eigenvalue weighted by molar-refractivity contribution is -0.127. The predicted molar refractivity (Wildman–Crippen MR) is 98.4 cm³/mol. The molecule has 0 saturated carbocycles. The maximum absolute atomic E-state index is 12.6. The van der Waals surface area contributed by atoms with Crippen molar-refractivity contribution in [1.29, 1.82) is 0 Å². The van der Waals surface area contributed by atoms with E-state index < -0.39 is 0 Å². The van der Waals surface area contributed by atoms with Crippen molar-refractivity contribution >= 4 is 28.3 Å². The Labute approximate surface area is 147 Å². The summed E-state index contributed by atoms with van der Waals surface area (Å²) in [7, 11) is 0. The molecule has 1 atom stereocenters. The first kappa shape index (κ1) is 16.1. The molecule has 5 nitrogen and oxygen atoms in total. The van der Waals surface area contributed by atoms with Crippen molar-refractivity contribution < 1.29 is 9.59 Å². The fourth-order valence-corrected chi connectivity index (χ4v) is 3.85. The number of nitrogens with zero attached hydrogens (tertiary/aromatic N) is 1. The second kappa shape index (κ2) is 6.84. The zero-order valence-electron chi connectivity index (χ0n) is 14.2. The van der Waals surface area contributed by atoms with Crippen LogP contribution in [0.25, 0.3) is 10.8 Å². The molecule has 0 aliphatic carbocycles. The van der Waals surface area contributed by atoms with Gasteiger partial charge in [0.05, 0.1) is 11.6 Å². The van der Waals surface area contributed by atoms with Gasteiger partial charge in [0.25, 0.3) is 0 Å². The third-order valence-electron chi connectivity index (χ3n) is 5.24. The highest BCUT2D eigenvalue weighted by Crippen LogP contribution is 2.31. The Balaban J connectivity index is 1.51. The minimum atomic E-state index is -0.263. The highest BCUT2D eigenvalue weighted by atomic mass is 16.2. The van der Waals surface area contributed by atoms with Crippen LogP contribution in [0.4, 0.5) is 5.69 Å². The fourth-order valence-electron chi connectivity index (χ4n) is 3.85. The number of nitrogens with one attached hydrogen (secondary N) is 2. The van der Waals surface area contributed by atoms with E-state index in [0.29, 0.717) is 13.0 Å². The summed E-state index contributed by atoms with van der Waals surface area (Å²) in [5.74, 6) is -0.217. The lowest BCUT2D eigenvalue weighted by Crippen LogP contribution is -2.45. The second-order valence-corrected chi connectivity index (χ2v) is 6.94. The number of amides is 2. The van der Waals surface area contributed by atoms with E-state index in [2.05, 4.69) is 10.6 Å². The number of rotatable bonds is 3. The van der Waals surface area contributed by atoms with Gasteiger partial charge in [-0.1, -0.05) is 36.4 Å². The van der Waals surface area contributed by atoms with Crippen molar-refractivity contribution in [2.45, 2.75) is 25.3 Å². The molecule has 2 fully saturated rings. The molecule has 5 heteroatoms. The average molecular weight is 337 g/mol. The molecule has 130 valence electrons. The van der Waals surface area contributed by atoms with E-state index in [1.54, 1.807) is 4.90 Å². The number of carbonyl (C=O) groups excluding carboxylic acids is 2. The number of carbonyl (C=O) groups is 2. The lowest BCUT2D eigenvalue weighted by atomic mass is 10.0. The van der Waals surface area contributed by atoms with Crippen LogP contribution in [-0.4, -0.2) is 37.5 Å². The van der Waals surface area contributed by atoms with Gasteiger partial charge in [0.2, 0.25) is 11.8 Å². The van der Waals surface area contributed by atoms with Crippen LogP contribution < -0.4 is 15.5 Å². The average Bonchev–Trinajstić information content (AvgIpc) is 3.04. The standard InChI is InChI=1S/C20H23N3O2/c24-19-12-15(20(25)22-16-8-10-21-11-9-16)13-23(19)18-7-3-5-14-4-1-2-6-17(14)18/h1-7,15-16,21H,8-13H2,(H,22,25). The van der Waals surface area contributed by atoms with Gasteiger partial charge in [-0.2, -0.15) is 0 Å². The Bertz CT molecular complexity index is 793. The van der Waals surface area contributed by atoms with Gasteiger partial charge >= 0.3 is 0 Å². The quantitative estimate of drug-likeness (QED) is 0.901. The Morgan fingerprint density at radius 2 is 1.84 bits per heavy atom. The first-order valence-corrected chi connectivity index (χ1v) is 9.01. The van der Waals surface area contributed by atoms with Crippen LogP contribution in [0.5, 0.6) is 0 Å². The van der Waals surface area contributed by atoms with Crippen molar-refractivity contribution in [3.63, 3.8) is 0 Å². The highest BCUT2D eigenvalue weighted by Gasteiger charge is 2.36. The zero-order chi connectivity index (χ0) is 17.2. The number of anilines is 1. The highest BCUT2D eigenvalue weighted by molar-refractivity contribution is 6.06. The van der Waals surface area contributed by atoms with Crippen molar-refractivity contribution in [1.82, 2.24) is 10.6 Å². The molecule has 2 aliphatic heterocycles. The minimum absolute atomic E-state index is 0.0167. The Hall–Kier alpha value is -2.40. The van der Waals surface area contributed by atoms with Crippen molar-refractivity contribution in [2.24, 2.45) is 5.92 Å². The van der Waals surface area contributed by atoms with E-state index in [-0.39, 0.29) is 23.8 Å². The lowest BCUT2D eigenvalue weighted by Gasteiger charge is -2.25. The van der Waals surface area contributed by atoms with E-state index in [0.717, 1.165) is 42.4 Å². The van der Waals surface area contributed by atoms with E-state index in [4.69, 9.17) is 0 Å². The summed E-state index contributed by atoms with van der Waals surface area (Å²) < 4.78 is 0. The van der Waals surface area contributed by atoms with Gasteiger partial charge in [-0.05, 0) is 37.4 Å². The molecule has 2 saturated heterocycles. The zero-order valence-corrected chi connectivity index (χ0v) is 14.2. The first-order valence-electron chi connectivity index (χ1n) is 9.01. The van der Waals surface area contributed by atoms with Crippen LogP contribution >= 0.6 is 0 Å². The maximum Gasteiger partial charge on any atom is 0.227 e. The second-order valence-electron chi connectivity index (χ2n) is 6.94. The van der Waals surface area contributed by atoms with Crippen molar-refractivity contribution in [3.8, 4) is 0 Å². The smallest absolute Gasteiger partial charge is 0.227 e. The van der Waals surface area contributed by atoms with Gasteiger partial charge in [-0.3, -0.25) is 9.59 Å². The molecule has 2 amide bonds. The monoisotopic (exact) mass is 337 g/mol. The Morgan fingerprint density at radius 3 is 2.68 bits per heavy atom. The summed E-state index contributed by atoms with van der Waals surface area (Å²) in [4.78, 5) is 26.9. The van der Waals surface area contributed by atoms with Crippen molar-refractivity contribution in [3.05, 3.63) is 42.5 Å². The molecule has 2 aromatic rings. The summed E-state index contributed by atoms with van der Waals surface area (Å²) in [5.41, 5.74) is 0.903. The summed E-state index contributed by atoms with van der Waals surface area (Å²) in [5, 5.41) is 8.59. The fraction of sp³-hybridized carbons (Fsp3) is 0.400. The molecule has 2 aromatic carbocycles. The van der Waals surface area contributed by atoms with E-state index >= 15 is 0 Å². The third kappa shape index (κ3) is 3.24. The molecule has 0 spiro atoms. The van der Waals surface area contributed by atoms with E-state index in [9.17, 15) is 9.59 Å². The molecule has 4 rings (SSSR count). The number of benzene rings is 2. The third-order valence-corrected chi connectivity index (χ3v) is 5.24. The number of hydrogen-bond donors (Lipinski definition) is 2. The predicted octanol–water partition coefficient (Wildman–Crippen LogP) is 2.06. The first-order chi connectivity index (χ1) is 12.2. The molecule has 0 radical (unpaired) electrons. The van der Waals surface area contributed by atoms with E-state index in [1.807, 2.05) is 42.5 Å². The normalized spacial score (nSPS) is 21.7. The van der Waals surface area contributed by atoms with Crippen LogP contribution in [-0.2, 0) is 9.59 Å². The maximum atomic E-state index is 12.6. The minimum Gasteiger partial charge on any atom is -0.353 e. The van der Waals surface area contributed by atoms with Gasteiger partial charge in [0.15, 0.2) is 0 Å². The van der Waals surface area contributed by atoms with Gasteiger partial charge < -0.3 is 15.5 Å². The van der Waals surface area contributed by atoms with E-state index in [1.165, 1.54) is 0 Å². The van der Waals surface area contributed by atoms with Crippen molar-refractivity contribution in [2.75, 3.05) is 24.5 Å². The van der Waals surface area contributed by atoms with Crippen LogP contribution in [0.15, 0.2) is 42.5 Å². The SMILES string of the molecule is O=C(NC1CCNCC1)C1CC(=O)N(c2cccc3ccccc23)C1. The Morgan fingerprint density at radius 1 is 1.08 bits per heavy atom. The van der Waals surface area contributed by atoms with Gasteiger partial charge in [0, 0.05) is 24.4 Å². The Kier molecular flexibility index (Phi) is 4.40. The molecular weight excluding hydrogens is 314 g/mol. The summed E-state index contributed by atoms with van der Waals surface area (Å²) in [6.07, 6.45) is 2.21. The number of piperidine rings is 1. The molecule has 2 aliphatic rings. The molecule has 2 N–H and O–H groups in total. The van der Waals surface area contributed by atoms with Crippen LogP contribution in [0.3, 0.4) is 0 Å². The largest absolute Gasteiger partial charge is 0.353 e. The van der Waals surface area contributed by atoms with Gasteiger partial charge in [-0.25, -0.2) is 0 Å². The molecule has 1 unspecified atom stereocenters. The van der Waals surface area contributed by atoms with Crippen LogP contribution in [0.1, 0.15) is 19.3 Å². The van der Waals surface area contributed by atoms with Gasteiger partial charge in [0.1, 0.15) is 0 Å². The topological polar surface area (TPSA) is 61.4 Å². The summed E-state index contributed by atoms with van der Waals surface area (Å²) >= 11 is 0. The molecule has 0 bridgehead atoms. The molecule has 25 heavy (non-hydrogen) atoms. The number of hydrogen-bond acceptors (Lipinski definition) is 3. The summed E-state index contributed by atoms with van der Waals surface area (Å²) in [6.45, 7) is 2.34. The molecule has 2 heterocycles. The van der Waals surface area contributed by atoms with Crippen LogP contribution in [0, 0.1) is 5.92 Å². The molecular formula is C20H23N3O2. The molecule has 0 aromatic heterocycles. The van der Waals surface area contributed by atoms with Crippen LogP contribution in [0.2, 0.25) is 0 Å². The summed E-state index contributed by atoms with van der Waals surface area (Å²) in [6, 6.07) is 14.2. The van der Waals surface area contributed by atoms with Gasteiger partial charge in [-0.15, -0.1) is 0 Å². The number of fused-ring (bicyclic) bond motifs is 1.